The molecule has 2 nitrogen and oxygen atoms in total. The lowest BCUT2D eigenvalue weighted by atomic mass is 10.1. The van der Waals surface area contributed by atoms with Crippen LogP contribution in [0, 0.1) is 5.92 Å². The summed E-state index contributed by atoms with van der Waals surface area (Å²) < 4.78 is 0. The van der Waals surface area contributed by atoms with Gasteiger partial charge in [0.2, 0.25) is 0 Å². The quantitative estimate of drug-likeness (QED) is 0.893. The second kappa shape index (κ2) is 4.92. The SMILES string of the molecule is CC1CNC(C2CC2)CN1c1cccc(Cl)c1Cl. The first-order valence-corrected chi connectivity index (χ1v) is 7.36. The van der Waals surface area contributed by atoms with Gasteiger partial charge in [-0.1, -0.05) is 29.3 Å². The van der Waals surface area contributed by atoms with Crippen LogP contribution in [-0.4, -0.2) is 25.2 Å². The topological polar surface area (TPSA) is 15.3 Å². The minimum absolute atomic E-state index is 0.455. The van der Waals surface area contributed by atoms with Crippen LogP contribution >= 0.6 is 23.2 Å². The molecular formula is C14H18Cl2N2. The third-order valence-electron chi connectivity index (χ3n) is 4.03. The van der Waals surface area contributed by atoms with E-state index >= 15 is 0 Å². The summed E-state index contributed by atoms with van der Waals surface area (Å²) in [4.78, 5) is 2.40. The Kier molecular flexibility index (Phi) is 3.44. The molecule has 1 N–H and O–H groups in total. The van der Waals surface area contributed by atoms with Crippen molar-refractivity contribution in [2.45, 2.75) is 31.8 Å². The van der Waals surface area contributed by atoms with Crippen molar-refractivity contribution in [1.29, 1.82) is 0 Å². The molecular weight excluding hydrogens is 267 g/mol. The van der Waals surface area contributed by atoms with E-state index in [1.165, 1.54) is 12.8 Å². The molecule has 2 fully saturated rings. The number of anilines is 1. The summed E-state index contributed by atoms with van der Waals surface area (Å²) in [6.07, 6.45) is 2.73. The summed E-state index contributed by atoms with van der Waals surface area (Å²) in [6.45, 7) is 4.28. The zero-order chi connectivity index (χ0) is 12.7. The van der Waals surface area contributed by atoms with Crippen LogP contribution < -0.4 is 10.2 Å². The lowest BCUT2D eigenvalue weighted by Gasteiger charge is -2.41. The van der Waals surface area contributed by atoms with Gasteiger partial charge in [-0.05, 0) is 37.8 Å². The van der Waals surface area contributed by atoms with Gasteiger partial charge < -0.3 is 10.2 Å². The molecule has 4 heteroatoms. The largest absolute Gasteiger partial charge is 0.365 e. The lowest BCUT2D eigenvalue weighted by Crippen LogP contribution is -2.56. The molecule has 2 atom stereocenters. The molecule has 0 amide bonds. The zero-order valence-corrected chi connectivity index (χ0v) is 12.0. The molecule has 0 aromatic heterocycles. The molecule has 1 aliphatic carbocycles. The maximum Gasteiger partial charge on any atom is 0.0825 e. The van der Waals surface area contributed by atoms with Crippen LogP contribution in [0.25, 0.3) is 0 Å². The van der Waals surface area contributed by atoms with Gasteiger partial charge in [-0.2, -0.15) is 0 Å². The summed E-state index contributed by atoms with van der Waals surface area (Å²) in [5.41, 5.74) is 1.07. The number of hydrogen-bond donors (Lipinski definition) is 1. The van der Waals surface area contributed by atoms with Crippen LogP contribution in [0.4, 0.5) is 5.69 Å². The predicted molar refractivity (Wildman–Crippen MR) is 77.8 cm³/mol. The fourth-order valence-electron chi connectivity index (χ4n) is 2.75. The summed E-state index contributed by atoms with van der Waals surface area (Å²) in [6, 6.07) is 6.95. The predicted octanol–water partition coefficient (Wildman–Crippen LogP) is 3.57. The van der Waals surface area contributed by atoms with Crippen LogP contribution in [-0.2, 0) is 0 Å². The van der Waals surface area contributed by atoms with Crippen LogP contribution in [0.2, 0.25) is 10.0 Å². The molecule has 2 unspecified atom stereocenters. The van der Waals surface area contributed by atoms with E-state index in [0.29, 0.717) is 22.1 Å². The van der Waals surface area contributed by atoms with Gasteiger partial charge in [-0.15, -0.1) is 0 Å². The number of hydrogen-bond acceptors (Lipinski definition) is 2. The standard InChI is InChI=1S/C14H18Cl2N2/c1-9-7-17-12(10-5-6-10)8-18(9)13-4-2-3-11(15)14(13)16/h2-4,9-10,12,17H,5-8H2,1H3. The van der Waals surface area contributed by atoms with Gasteiger partial charge in [0.1, 0.15) is 0 Å². The van der Waals surface area contributed by atoms with Crippen LogP contribution in [0.5, 0.6) is 0 Å². The number of rotatable bonds is 2. The van der Waals surface area contributed by atoms with Crippen molar-refractivity contribution >= 4 is 28.9 Å². The molecule has 0 bridgehead atoms. The van der Waals surface area contributed by atoms with Gasteiger partial charge in [-0.25, -0.2) is 0 Å². The van der Waals surface area contributed by atoms with E-state index in [1.54, 1.807) is 0 Å². The van der Waals surface area contributed by atoms with Crippen molar-refractivity contribution in [3.63, 3.8) is 0 Å². The summed E-state index contributed by atoms with van der Waals surface area (Å²) >= 11 is 12.5. The average Bonchev–Trinajstić information content (AvgIpc) is 3.18. The minimum Gasteiger partial charge on any atom is -0.365 e. The van der Waals surface area contributed by atoms with Crippen molar-refractivity contribution < 1.29 is 0 Å². The molecule has 0 spiro atoms. The zero-order valence-electron chi connectivity index (χ0n) is 10.5. The van der Waals surface area contributed by atoms with Gasteiger partial charge in [0.25, 0.3) is 0 Å². The average molecular weight is 285 g/mol. The molecule has 0 radical (unpaired) electrons. The van der Waals surface area contributed by atoms with Crippen molar-refractivity contribution in [1.82, 2.24) is 5.32 Å². The van der Waals surface area contributed by atoms with Gasteiger partial charge in [-0.3, -0.25) is 0 Å². The number of piperazine rings is 1. The highest BCUT2D eigenvalue weighted by Gasteiger charge is 2.36. The van der Waals surface area contributed by atoms with E-state index in [2.05, 4.69) is 23.2 Å². The Morgan fingerprint density at radius 2 is 2.06 bits per heavy atom. The summed E-state index contributed by atoms with van der Waals surface area (Å²) in [5.74, 6) is 0.859. The second-order valence-electron chi connectivity index (χ2n) is 5.43. The van der Waals surface area contributed by atoms with Crippen LogP contribution in [0.1, 0.15) is 19.8 Å². The van der Waals surface area contributed by atoms with E-state index in [9.17, 15) is 0 Å². The van der Waals surface area contributed by atoms with Crippen LogP contribution in [0.15, 0.2) is 18.2 Å². The normalized spacial score (nSPS) is 28.5. The summed E-state index contributed by atoms with van der Waals surface area (Å²) in [7, 11) is 0. The van der Waals surface area contributed by atoms with Gasteiger partial charge in [0, 0.05) is 25.2 Å². The van der Waals surface area contributed by atoms with Crippen molar-refractivity contribution in [3.05, 3.63) is 28.2 Å². The molecule has 18 heavy (non-hydrogen) atoms. The van der Waals surface area contributed by atoms with Gasteiger partial charge in [0.15, 0.2) is 0 Å². The van der Waals surface area contributed by atoms with E-state index in [1.807, 2.05) is 12.1 Å². The monoisotopic (exact) mass is 284 g/mol. The maximum absolute atomic E-state index is 6.34. The van der Waals surface area contributed by atoms with Gasteiger partial charge in [0.05, 0.1) is 15.7 Å². The van der Waals surface area contributed by atoms with E-state index in [4.69, 9.17) is 23.2 Å². The Morgan fingerprint density at radius 1 is 1.28 bits per heavy atom. The van der Waals surface area contributed by atoms with Crippen molar-refractivity contribution in [2.24, 2.45) is 5.92 Å². The molecule has 1 saturated heterocycles. The Bertz CT molecular complexity index is 445. The Hall–Kier alpha value is -0.440. The third-order valence-corrected chi connectivity index (χ3v) is 4.84. The first kappa shape index (κ1) is 12.6. The lowest BCUT2D eigenvalue weighted by molar-refractivity contribution is 0.376. The molecule has 1 saturated carbocycles. The molecule has 1 aliphatic heterocycles. The molecule has 1 aromatic carbocycles. The number of halogens is 2. The number of benzene rings is 1. The molecule has 3 rings (SSSR count). The van der Waals surface area contributed by atoms with Crippen molar-refractivity contribution in [2.75, 3.05) is 18.0 Å². The first-order chi connectivity index (χ1) is 8.66. The Labute approximate surface area is 118 Å². The smallest absolute Gasteiger partial charge is 0.0825 e. The second-order valence-corrected chi connectivity index (χ2v) is 6.21. The molecule has 98 valence electrons. The number of nitrogens with one attached hydrogen (secondary N) is 1. The highest BCUT2D eigenvalue weighted by molar-refractivity contribution is 6.43. The minimum atomic E-state index is 0.455. The van der Waals surface area contributed by atoms with Gasteiger partial charge >= 0.3 is 0 Å². The molecule has 2 aliphatic rings. The van der Waals surface area contributed by atoms with E-state index in [-0.39, 0.29) is 0 Å². The molecule has 1 aromatic rings. The first-order valence-electron chi connectivity index (χ1n) is 6.61. The summed E-state index contributed by atoms with van der Waals surface area (Å²) in [5, 5.41) is 4.97. The van der Waals surface area contributed by atoms with Crippen LogP contribution in [0.3, 0.4) is 0 Å². The highest BCUT2D eigenvalue weighted by Crippen LogP contribution is 2.38. The molecule has 1 heterocycles. The van der Waals surface area contributed by atoms with E-state index < -0.39 is 0 Å². The Morgan fingerprint density at radius 3 is 2.78 bits per heavy atom. The number of nitrogens with zero attached hydrogens (tertiary/aromatic N) is 1. The fraction of sp³-hybridized carbons (Fsp3) is 0.571. The van der Waals surface area contributed by atoms with Crippen molar-refractivity contribution in [3.8, 4) is 0 Å². The highest BCUT2D eigenvalue weighted by atomic mass is 35.5. The fourth-order valence-corrected chi connectivity index (χ4v) is 3.16. The van der Waals surface area contributed by atoms with E-state index in [0.717, 1.165) is 24.7 Å². The third kappa shape index (κ3) is 2.34. The maximum atomic E-state index is 6.34. The Balaban J connectivity index is 1.86.